The summed E-state index contributed by atoms with van der Waals surface area (Å²) < 4.78 is 0. The smallest absolute Gasteiger partial charge is 0.303 e. The van der Waals surface area contributed by atoms with E-state index in [9.17, 15) is 9.59 Å². The summed E-state index contributed by atoms with van der Waals surface area (Å²) >= 11 is 0. The van der Waals surface area contributed by atoms with Crippen LogP contribution < -0.4 is 5.32 Å². The molecule has 104 valence electrons. The molecule has 0 bridgehead atoms. The Bertz CT molecular complexity index is 334. The van der Waals surface area contributed by atoms with Crippen LogP contribution in [-0.2, 0) is 9.59 Å². The number of carboxylic acid groups (broad SMARTS) is 1. The van der Waals surface area contributed by atoms with Gasteiger partial charge in [-0.3, -0.25) is 9.59 Å². The summed E-state index contributed by atoms with van der Waals surface area (Å²) in [7, 11) is 0. The minimum atomic E-state index is -0.821. The van der Waals surface area contributed by atoms with Gasteiger partial charge in [-0.25, -0.2) is 0 Å². The lowest BCUT2D eigenvalue weighted by atomic mass is 9.81. The highest BCUT2D eigenvalue weighted by atomic mass is 16.4. The summed E-state index contributed by atoms with van der Waals surface area (Å²) in [4.78, 5) is 22.8. The molecule has 1 aliphatic rings. The number of rotatable bonds is 5. The van der Waals surface area contributed by atoms with E-state index in [0.29, 0.717) is 6.42 Å². The maximum atomic E-state index is 12.3. The standard InChI is InChI=1S/C14H25NO3/c1-13(2)8-5-6-10(13)12(18)15-14(3,4)9-7-11(16)17/h10H,5-9H2,1-4H3,(H,15,18)(H,16,17). The first-order valence-electron chi connectivity index (χ1n) is 6.68. The Hall–Kier alpha value is -1.06. The Balaban J connectivity index is 2.55. The summed E-state index contributed by atoms with van der Waals surface area (Å²) in [5.74, 6) is -0.687. The normalized spacial score (nSPS) is 22.8. The lowest BCUT2D eigenvalue weighted by molar-refractivity contribution is -0.138. The second kappa shape index (κ2) is 5.29. The van der Waals surface area contributed by atoms with E-state index >= 15 is 0 Å². The largest absolute Gasteiger partial charge is 0.481 e. The van der Waals surface area contributed by atoms with E-state index in [4.69, 9.17) is 5.11 Å². The number of aliphatic carboxylic acids is 1. The first-order chi connectivity index (χ1) is 8.14. The van der Waals surface area contributed by atoms with Crippen LogP contribution >= 0.6 is 0 Å². The number of hydrogen-bond acceptors (Lipinski definition) is 2. The van der Waals surface area contributed by atoms with Gasteiger partial charge in [0.1, 0.15) is 0 Å². The zero-order valence-electron chi connectivity index (χ0n) is 11.9. The highest BCUT2D eigenvalue weighted by molar-refractivity contribution is 5.80. The van der Waals surface area contributed by atoms with Gasteiger partial charge in [-0.2, -0.15) is 0 Å². The summed E-state index contributed by atoms with van der Waals surface area (Å²) in [6, 6.07) is 0. The van der Waals surface area contributed by atoms with Crippen LogP contribution in [0.2, 0.25) is 0 Å². The monoisotopic (exact) mass is 255 g/mol. The molecule has 2 N–H and O–H groups in total. The van der Waals surface area contributed by atoms with Gasteiger partial charge in [0.2, 0.25) is 5.91 Å². The van der Waals surface area contributed by atoms with Gasteiger partial charge in [0.05, 0.1) is 0 Å². The molecule has 0 aromatic heterocycles. The van der Waals surface area contributed by atoms with Gasteiger partial charge in [0.25, 0.3) is 0 Å². The molecule has 0 spiro atoms. The molecule has 0 aromatic carbocycles. The summed E-state index contributed by atoms with van der Waals surface area (Å²) in [6.07, 6.45) is 3.66. The van der Waals surface area contributed by atoms with Gasteiger partial charge >= 0.3 is 5.97 Å². The van der Waals surface area contributed by atoms with Crippen LogP contribution in [0.5, 0.6) is 0 Å². The van der Waals surface area contributed by atoms with Crippen LogP contribution in [0.15, 0.2) is 0 Å². The molecule has 4 heteroatoms. The first-order valence-corrected chi connectivity index (χ1v) is 6.68. The van der Waals surface area contributed by atoms with Crippen molar-refractivity contribution in [2.75, 3.05) is 0 Å². The highest BCUT2D eigenvalue weighted by Crippen LogP contribution is 2.42. The van der Waals surface area contributed by atoms with Gasteiger partial charge in [-0.15, -0.1) is 0 Å². The van der Waals surface area contributed by atoms with Crippen LogP contribution in [0, 0.1) is 11.3 Å². The van der Waals surface area contributed by atoms with E-state index in [1.54, 1.807) is 0 Å². The average molecular weight is 255 g/mol. The van der Waals surface area contributed by atoms with Crippen molar-refractivity contribution in [2.24, 2.45) is 11.3 Å². The molecule has 1 amide bonds. The number of amides is 1. The van der Waals surface area contributed by atoms with Crippen LogP contribution in [0.1, 0.15) is 59.8 Å². The van der Waals surface area contributed by atoms with E-state index in [1.165, 1.54) is 0 Å². The number of carbonyl (C=O) groups is 2. The number of nitrogens with one attached hydrogen (secondary N) is 1. The lowest BCUT2D eigenvalue weighted by Gasteiger charge is -2.32. The zero-order chi connectivity index (χ0) is 14.0. The fourth-order valence-corrected chi connectivity index (χ4v) is 2.72. The van der Waals surface area contributed by atoms with Gasteiger partial charge < -0.3 is 10.4 Å². The number of hydrogen-bond donors (Lipinski definition) is 2. The van der Waals surface area contributed by atoms with Crippen molar-refractivity contribution in [1.82, 2.24) is 5.32 Å². The third-order valence-electron chi connectivity index (χ3n) is 4.00. The van der Waals surface area contributed by atoms with Crippen molar-refractivity contribution in [3.05, 3.63) is 0 Å². The number of carbonyl (C=O) groups excluding carboxylic acids is 1. The highest BCUT2D eigenvalue weighted by Gasteiger charge is 2.40. The fraction of sp³-hybridized carbons (Fsp3) is 0.857. The molecular formula is C14H25NO3. The second-order valence-corrected chi connectivity index (χ2v) is 6.70. The molecule has 18 heavy (non-hydrogen) atoms. The maximum absolute atomic E-state index is 12.3. The quantitative estimate of drug-likeness (QED) is 0.793. The zero-order valence-corrected chi connectivity index (χ0v) is 11.9. The average Bonchev–Trinajstić information content (AvgIpc) is 2.54. The summed E-state index contributed by atoms with van der Waals surface area (Å²) in [6.45, 7) is 8.04. The molecule has 1 fully saturated rings. The van der Waals surface area contributed by atoms with Crippen LogP contribution in [0.4, 0.5) is 0 Å². The van der Waals surface area contributed by atoms with Crippen LogP contribution in [0.3, 0.4) is 0 Å². The predicted octanol–water partition coefficient (Wildman–Crippen LogP) is 2.57. The third kappa shape index (κ3) is 4.00. The van der Waals surface area contributed by atoms with E-state index < -0.39 is 11.5 Å². The Morgan fingerprint density at radius 3 is 2.44 bits per heavy atom. The van der Waals surface area contributed by atoms with Crippen molar-refractivity contribution in [1.29, 1.82) is 0 Å². The maximum Gasteiger partial charge on any atom is 0.303 e. The van der Waals surface area contributed by atoms with Crippen molar-refractivity contribution >= 4 is 11.9 Å². The van der Waals surface area contributed by atoms with Gasteiger partial charge in [0, 0.05) is 17.9 Å². The van der Waals surface area contributed by atoms with E-state index in [-0.39, 0.29) is 23.7 Å². The minimum absolute atomic E-state index is 0.0570. The Kier molecular flexibility index (Phi) is 4.41. The SMILES string of the molecule is CC(C)(CCC(=O)O)NC(=O)C1CCCC1(C)C. The summed E-state index contributed by atoms with van der Waals surface area (Å²) in [5, 5.41) is 11.7. The molecule has 0 heterocycles. The van der Waals surface area contributed by atoms with Crippen molar-refractivity contribution < 1.29 is 14.7 Å². The van der Waals surface area contributed by atoms with Crippen molar-refractivity contribution in [2.45, 2.75) is 65.3 Å². The van der Waals surface area contributed by atoms with Crippen molar-refractivity contribution in [3.63, 3.8) is 0 Å². The Morgan fingerprint density at radius 1 is 1.39 bits per heavy atom. The van der Waals surface area contributed by atoms with Crippen LogP contribution in [-0.4, -0.2) is 22.5 Å². The molecule has 4 nitrogen and oxygen atoms in total. The molecule has 0 saturated heterocycles. The first kappa shape index (κ1) is 15.0. The molecule has 1 aliphatic carbocycles. The predicted molar refractivity (Wildman–Crippen MR) is 70.2 cm³/mol. The fourth-order valence-electron chi connectivity index (χ4n) is 2.72. The molecular weight excluding hydrogens is 230 g/mol. The van der Waals surface area contributed by atoms with E-state index in [1.807, 2.05) is 13.8 Å². The molecule has 1 atom stereocenters. The van der Waals surface area contributed by atoms with E-state index in [2.05, 4.69) is 19.2 Å². The van der Waals surface area contributed by atoms with Gasteiger partial charge in [-0.05, 0) is 38.5 Å². The lowest BCUT2D eigenvalue weighted by Crippen LogP contribution is -2.48. The summed E-state index contributed by atoms with van der Waals surface area (Å²) in [5.41, 5.74) is -0.388. The third-order valence-corrected chi connectivity index (χ3v) is 4.00. The molecule has 0 aromatic rings. The minimum Gasteiger partial charge on any atom is -0.481 e. The van der Waals surface area contributed by atoms with Crippen LogP contribution in [0.25, 0.3) is 0 Å². The molecule has 1 saturated carbocycles. The van der Waals surface area contributed by atoms with Crippen molar-refractivity contribution in [3.8, 4) is 0 Å². The topological polar surface area (TPSA) is 66.4 Å². The molecule has 0 radical (unpaired) electrons. The second-order valence-electron chi connectivity index (χ2n) is 6.70. The molecule has 1 unspecified atom stereocenters. The van der Waals surface area contributed by atoms with E-state index in [0.717, 1.165) is 19.3 Å². The number of carboxylic acids is 1. The molecule has 0 aliphatic heterocycles. The Morgan fingerprint density at radius 2 is 2.00 bits per heavy atom. The Labute approximate surface area is 109 Å². The molecule has 1 rings (SSSR count). The van der Waals surface area contributed by atoms with Gasteiger partial charge in [0.15, 0.2) is 0 Å². The van der Waals surface area contributed by atoms with Gasteiger partial charge in [-0.1, -0.05) is 20.3 Å².